The summed E-state index contributed by atoms with van der Waals surface area (Å²) in [5, 5.41) is 0. The molecule has 4 nitrogen and oxygen atoms in total. The summed E-state index contributed by atoms with van der Waals surface area (Å²) >= 11 is 0. The Bertz CT molecular complexity index is 388. The van der Waals surface area contributed by atoms with E-state index in [2.05, 4.69) is 4.98 Å². The molecule has 1 aromatic heterocycles. The maximum Gasteiger partial charge on any atom is 0.255 e. The molecule has 0 saturated heterocycles. The lowest BCUT2D eigenvalue weighted by Crippen LogP contribution is -2.34. The molecule has 0 radical (unpaired) electrons. The summed E-state index contributed by atoms with van der Waals surface area (Å²) in [5.74, 6) is 0.670. The standard InChI is InChI=1S/C12H17N3O/c1-15(8-9-3-2-4-9)12(16)10-5-6-14-7-11(10)13/h5-7,9H,2-4,8,13H2,1H3. The molecule has 0 atom stereocenters. The molecule has 16 heavy (non-hydrogen) atoms. The third kappa shape index (κ3) is 2.15. The number of carbonyl (C=O) groups is 1. The minimum Gasteiger partial charge on any atom is -0.397 e. The molecule has 0 spiro atoms. The molecule has 2 N–H and O–H groups in total. The Hall–Kier alpha value is -1.58. The molecule has 1 aliphatic rings. The molecule has 2 rings (SSSR count). The Labute approximate surface area is 95.5 Å². The van der Waals surface area contributed by atoms with E-state index in [1.165, 1.54) is 25.5 Å². The molecule has 1 heterocycles. The second-order valence-electron chi connectivity index (χ2n) is 4.45. The molecule has 1 fully saturated rings. The SMILES string of the molecule is CN(CC1CCC1)C(=O)c1ccncc1N. The predicted octanol–water partition coefficient (Wildman–Crippen LogP) is 1.54. The Morgan fingerprint density at radius 3 is 2.94 bits per heavy atom. The maximum atomic E-state index is 12.1. The second-order valence-corrected chi connectivity index (χ2v) is 4.45. The van der Waals surface area contributed by atoms with Gasteiger partial charge in [-0.1, -0.05) is 6.42 Å². The number of hydrogen-bond acceptors (Lipinski definition) is 3. The van der Waals surface area contributed by atoms with E-state index in [-0.39, 0.29) is 5.91 Å². The van der Waals surface area contributed by atoms with Crippen LogP contribution in [0.5, 0.6) is 0 Å². The first kappa shape index (κ1) is 10.9. The van der Waals surface area contributed by atoms with E-state index >= 15 is 0 Å². The lowest BCUT2D eigenvalue weighted by Gasteiger charge is -2.30. The van der Waals surface area contributed by atoms with Crippen LogP contribution in [0.3, 0.4) is 0 Å². The monoisotopic (exact) mass is 219 g/mol. The van der Waals surface area contributed by atoms with Crippen molar-refractivity contribution in [2.45, 2.75) is 19.3 Å². The van der Waals surface area contributed by atoms with Crippen LogP contribution in [0.2, 0.25) is 0 Å². The zero-order valence-electron chi connectivity index (χ0n) is 9.52. The fourth-order valence-corrected chi connectivity index (χ4v) is 1.95. The van der Waals surface area contributed by atoms with Crippen LogP contribution >= 0.6 is 0 Å². The summed E-state index contributed by atoms with van der Waals surface area (Å²) in [6.07, 6.45) is 6.89. The van der Waals surface area contributed by atoms with E-state index in [1.807, 2.05) is 7.05 Å². The van der Waals surface area contributed by atoms with Gasteiger partial charge in [0.2, 0.25) is 0 Å². The van der Waals surface area contributed by atoms with Crippen LogP contribution in [0.1, 0.15) is 29.6 Å². The molecule has 1 aromatic rings. The number of nitrogen functional groups attached to an aromatic ring is 1. The quantitative estimate of drug-likeness (QED) is 0.838. The highest BCUT2D eigenvalue weighted by molar-refractivity contribution is 5.98. The fraction of sp³-hybridized carbons (Fsp3) is 0.500. The smallest absolute Gasteiger partial charge is 0.255 e. The molecule has 0 aliphatic heterocycles. The van der Waals surface area contributed by atoms with Gasteiger partial charge in [-0.25, -0.2) is 0 Å². The number of hydrogen-bond donors (Lipinski definition) is 1. The second kappa shape index (κ2) is 4.51. The molecule has 0 bridgehead atoms. The third-order valence-corrected chi connectivity index (χ3v) is 3.19. The Morgan fingerprint density at radius 1 is 1.62 bits per heavy atom. The highest BCUT2D eigenvalue weighted by Gasteiger charge is 2.22. The minimum atomic E-state index is -0.00759. The highest BCUT2D eigenvalue weighted by atomic mass is 16.2. The summed E-state index contributed by atoms with van der Waals surface area (Å²) in [6, 6.07) is 1.68. The minimum absolute atomic E-state index is 0.00759. The van der Waals surface area contributed by atoms with Crippen LogP contribution in [-0.2, 0) is 0 Å². The predicted molar refractivity (Wildman–Crippen MR) is 63.0 cm³/mol. The summed E-state index contributed by atoms with van der Waals surface area (Å²) in [4.78, 5) is 17.7. The van der Waals surface area contributed by atoms with Crippen LogP contribution in [-0.4, -0.2) is 29.4 Å². The molecule has 0 unspecified atom stereocenters. The van der Waals surface area contributed by atoms with Crippen molar-refractivity contribution in [2.24, 2.45) is 5.92 Å². The van der Waals surface area contributed by atoms with Gasteiger partial charge >= 0.3 is 0 Å². The van der Waals surface area contributed by atoms with Crippen molar-refractivity contribution >= 4 is 11.6 Å². The van der Waals surface area contributed by atoms with Crippen LogP contribution in [0.15, 0.2) is 18.5 Å². The number of carbonyl (C=O) groups excluding carboxylic acids is 1. The van der Waals surface area contributed by atoms with Crippen molar-refractivity contribution < 1.29 is 4.79 Å². The van der Waals surface area contributed by atoms with Crippen LogP contribution in [0, 0.1) is 5.92 Å². The first-order valence-corrected chi connectivity index (χ1v) is 5.63. The molecular weight excluding hydrogens is 202 g/mol. The van der Waals surface area contributed by atoms with Gasteiger partial charge in [0.1, 0.15) is 0 Å². The van der Waals surface area contributed by atoms with E-state index in [0.29, 0.717) is 17.2 Å². The molecular formula is C12H17N3O. The first-order chi connectivity index (χ1) is 7.68. The average Bonchev–Trinajstić information content (AvgIpc) is 2.23. The normalized spacial score (nSPS) is 15.6. The Kier molecular flexibility index (Phi) is 3.08. The number of pyridine rings is 1. The van der Waals surface area contributed by atoms with E-state index in [4.69, 9.17) is 5.73 Å². The zero-order chi connectivity index (χ0) is 11.5. The zero-order valence-corrected chi connectivity index (χ0v) is 9.52. The van der Waals surface area contributed by atoms with Crippen molar-refractivity contribution in [3.05, 3.63) is 24.0 Å². The van der Waals surface area contributed by atoms with Crippen molar-refractivity contribution in [2.75, 3.05) is 19.3 Å². The summed E-state index contributed by atoms with van der Waals surface area (Å²) in [6.45, 7) is 0.834. The molecule has 1 amide bonds. The number of nitrogens with two attached hydrogens (primary N) is 1. The van der Waals surface area contributed by atoms with Crippen LogP contribution in [0.4, 0.5) is 5.69 Å². The van der Waals surface area contributed by atoms with Gasteiger partial charge in [-0.15, -0.1) is 0 Å². The largest absolute Gasteiger partial charge is 0.397 e. The van der Waals surface area contributed by atoms with E-state index in [9.17, 15) is 4.79 Å². The maximum absolute atomic E-state index is 12.1. The number of rotatable bonds is 3. The van der Waals surface area contributed by atoms with Crippen LogP contribution < -0.4 is 5.73 Å². The first-order valence-electron chi connectivity index (χ1n) is 5.63. The fourth-order valence-electron chi connectivity index (χ4n) is 1.95. The lowest BCUT2D eigenvalue weighted by molar-refractivity contribution is 0.0746. The number of nitrogens with zero attached hydrogens (tertiary/aromatic N) is 2. The molecule has 86 valence electrons. The summed E-state index contributed by atoms with van der Waals surface area (Å²) in [7, 11) is 1.83. The molecule has 1 aliphatic carbocycles. The Balaban J connectivity index is 2.03. The van der Waals surface area contributed by atoms with Gasteiger partial charge < -0.3 is 10.6 Å². The summed E-state index contributed by atoms with van der Waals surface area (Å²) < 4.78 is 0. The number of aromatic nitrogens is 1. The van der Waals surface area contributed by atoms with Gasteiger partial charge in [0.15, 0.2) is 0 Å². The van der Waals surface area contributed by atoms with E-state index < -0.39 is 0 Å². The number of amides is 1. The highest BCUT2D eigenvalue weighted by Crippen LogP contribution is 2.27. The van der Waals surface area contributed by atoms with Gasteiger partial charge in [-0.05, 0) is 24.8 Å². The summed E-state index contributed by atoms with van der Waals surface area (Å²) in [5.41, 5.74) is 6.73. The van der Waals surface area contributed by atoms with Gasteiger partial charge in [-0.3, -0.25) is 9.78 Å². The average molecular weight is 219 g/mol. The third-order valence-electron chi connectivity index (χ3n) is 3.19. The van der Waals surface area contributed by atoms with Crippen molar-refractivity contribution in [3.8, 4) is 0 Å². The van der Waals surface area contributed by atoms with Crippen molar-refractivity contribution in [3.63, 3.8) is 0 Å². The van der Waals surface area contributed by atoms with E-state index in [1.54, 1.807) is 17.2 Å². The van der Waals surface area contributed by atoms with Crippen LogP contribution in [0.25, 0.3) is 0 Å². The van der Waals surface area contributed by atoms with Crippen molar-refractivity contribution in [1.82, 2.24) is 9.88 Å². The van der Waals surface area contributed by atoms with Gasteiger partial charge in [0.25, 0.3) is 5.91 Å². The molecule has 0 aromatic carbocycles. The van der Waals surface area contributed by atoms with E-state index in [0.717, 1.165) is 6.54 Å². The van der Waals surface area contributed by atoms with Gasteiger partial charge in [0.05, 0.1) is 17.4 Å². The lowest BCUT2D eigenvalue weighted by atomic mass is 9.85. The van der Waals surface area contributed by atoms with Gasteiger partial charge in [-0.2, -0.15) is 0 Å². The Morgan fingerprint density at radius 2 is 2.38 bits per heavy atom. The van der Waals surface area contributed by atoms with Gasteiger partial charge in [0, 0.05) is 19.8 Å². The van der Waals surface area contributed by atoms with Crippen molar-refractivity contribution in [1.29, 1.82) is 0 Å². The number of anilines is 1. The molecule has 1 saturated carbocycles. The topological polar surface area (TPSA) is 59.2 Å². The molecule has 4 heteroatoms.